The fraction of sp³-hybridized carbons (Fsp3) is 0.562. The fourth-order valence-electron chi connectivity index (χ4n) is 3.08. The van der Waals surface area contributed by atoms with E-state index in [-0.39, 0.29) is 16.4 Å². The van der Waals surface area contributed by atoms with E-state index in [1.54, 1.807) is 11.9 Å². The summed E-state index contributed by atoms with van der Waals surface area (Å²) in [5.74, 6) is 0.598. The Morgan fingerprint density at radius 2 is 1.96 bits per heavy atom. The minimum Gasteiger partial charge on any atom is -0.496 e. The van der Waals surface area contributed by atoms with Crippen molar-refractivity contribution in [2.24, 2.45) is 11.1 Å². The Hall–Kier alpha value is -1.60. The van der Waals surface area contributed by atoms with Crippen molar-refractivity contribution >= 4 is 15.9 Å². The van der Waals surface area contributed by atoms with Gasteiger partial charge in [-0.3, -0.25) is 4.79 Å². The highest BCUT2D eigenvalue weighted by atomic mass is 32.2. The second kappa shape index (κ2) is 7.31. The topological polar surface area (TPSA) is 89.7 Å². The van der Waals surface area contributed by atoms with Crippen molar-refractivity contribution in [2.45, 2.75) is 37.0 Å². The van der Waals surface area contributed by atoms with Crippen LogP contribution in [0.2, 0.25) is 0 Å². The molecule has 0 radical (unpaired) electrons. The first-order valence-electron chi connectivity index (χ1n) is 7.79. The summed E-state index contributed by atoms with van der Waals surface area (Å²) in [6.07, 6.45) is 5.93. The Morgan fingerprint density at radius 1 is 1.30 bits per heavy atom. The first-order chi connectivity index (χ1) is 10.8. The van der Waals surface area contributed by atoms with Gasteiger partial charge in [0.05, 0.1) is 17.6 Å². The van der Waals surface area contributed by atoms with Crippen LogP contribution in [0, 0.1) is 5.92 Å². The lowest BCUT2D eigenvalue weighted by atomic mass is 9.89. The summed E-state index contributed by atoms with van der Waals surface area (Å²) in [5, 5.41) is 5.15. The number of nitrogens with zero attached hydrogens (tertiary/aromatic N) is 1. The minimum atomic E-state index is -3.86. The molecule has 0 spiro atoms. The van der Waals surface area contributed by atoms with E-state index in [1.165, 1.54) is 44.6 Å². The average molecular weight is 340 g/mol. The lowest BCUT2D eigenvalue weighted by Gasteiger charge is -2.27. The summed E-state index contributed by atoms with van der Waals surface area (Å²) in [5.41, 5.74) is 0.220. The second-order valence-corrected chi connectivity index (χ2v) is 7.66. The Morgan fingerprint density at radius 3 is 2.52 bits per heavy atom. The highest BCUT2D eigenvalue weighted by Gasteiger charge is 2.23. The zero-order valence-electron chi connectivity index (χ0n) is 13.6. The van der Waals surface area contributed by atoms with Crippen LogP contribution in [-0.4, -0.2) is 39.9 Å². The molecule has 1 aliphatic rings. The Bertz CT molecular complexity index is 667. The van der Waals surface area contributed by atoms with E-state index in [1.807, 2.05) is 0 Å². The number of nitrogens with two attached hydrogens (primary N) is 1. The van der Waals surface area contributed by atoms with Gasteiger partial charge in [0.2, 0.25) is 10.0 Å². The summed E-state index contributed by atoms with van der Waals surface area (Å²) < 4.78 is 28.2. The minimum absolute atomic E-state index is 0.0901. The van der Waals surface area contributed by atoms with Crippen molar-refractivity contribution in [1.29, 1.82) is 0 Å². The highest BCUT2D eigenvalue weighted by Crippen LogP contribution is 2.27. The standard InChI is InChI=1S/C16H24N2O4S/c1-18(11-12-6-4-3-5-7-12)16(19)14-10-13(23(17,20)21)8-9-15(14)22-2/h8-10,12H,3-7,11H2,1-2H3,(H2,17,20,21). The largest absolute Gasteiger partial charge is 0.496 e. The maximum absolute atomic E-state index is 12.7. The van der Waals surface area contributed by atoms with Gasteiger partial charge in [0.1, 0.15) is 5.75 Å². The molecule has 1 fully saturated rings. The summed E-state index contributed by atoms with van der Waals surface area (Å²) in [6, 6.07) is 4.08. The summed E-state index contributed by atoms with van der Waals surface area (Å²) >= 11 is 0. The van der Waals surface area contributed by atoms with Crippen LogP contribution in [0.25, 0.3) is 0 Å². The molecular weight excluding hydrogens is 316 g/mol. The predicted octanol–water partition coefficient (Wildman–Crippen LogP) is 1.99. The number of hydrogen-bond acceptors (Lipinski definition) is 4. The molecule has 1 amide bonds. The monoisotopic (exact) mass is 340 g/mol. The number of hydrogen-bond donors (Lipinski definition) is 1. The van der Waals surface area contributed by atoms with Gasteiger partial charge < -0.3 is 9.64 Å². The van der Waals surface area contributed by atoms with Crippen molar-refractivity contribution in [3.05, 3.63) is 23.8 Å². The zero-order chi connectivity index (χ0) is 17.0. The normalized spacial score (nSPS) is 16.1. The van der Waals surface area contributed by atoms with Crippen LogP contribution >= 0.6 is 0 Å². The molecule has 1 aromatic carbocycles. The predicted molar refractivity (Wildman–Crippen MR) is 87.9 cm³/mol. The smallest absolute Gasteiger partial charge is 0.257 e. The number of rotatable bonds is 5. The molecule has 6 nitrogen and oxygen atoms in total. The van der Waals surface area contributed by atoms with Crippen molar-refractivity contribution in [3.63, 3.8) is 0 Å². The first kappa shape index (κ1) is 17.7. The molecule has 1 aliphatic carbocycles. The van der Waals surface area contributed by atoms with Crippen molar-refractivity contribution < 1.29 is 17.9 Å². The van der Waals surface area contributed by atoms with Crippen LogP contribution in [0.3, 0.4) is 0 Å². The highest BCUT2D eigenvalue weighted by molar-refractivity contribution is 7.89. The van der Waals surface area contributed by atoms with E-state index in [4.69, 9.17) is 9.88 Å². The van der Waals surface area contributed by atoms with E-state index >= 15 is 0 Å². The number of benzene rings is 1. The molecule has 23 heavy (non-hydrogen) atoms. The van der Waals surface area contributed by atoms with Crippen molar-refractivity contribution in [1.82, 2.24) is 4.90 Å². The van der Waals surface area contributed by atoms with Gasteiger partial charge in [-0.1, -0.05) is 19.3 Å². The molecule has 2 N–H and O–H groups in total. The molecule has 0 atom stereocenters. The Balaban J connectivity index is 2.22. The number of carbonyl (C=O) groups excluding carboxylic acids is 1. The van der Waals surface area contributed by atoms with Gasteiger partial charge >= 0.3 is 0 Å². The molecule has 1 saturated carbocycles. The molecule has 0 saturated heterocycles. The van der Waals surface area contributed by atoms with Gasteiger partial charge in [-0.25, -0.2) is 13.6 Å². The Kier molecular flexibility index (Phi) is 5.64. The number of primary sulfonamides is 1. The van der Waals surface area contributed by atoms with Crippen LogP contribution in [-0.2, 0) is 10.0 Å². The third kappa shape index (κ3) is 4.45. The van der Waals surface area contributed by atoms with Crippen LogP contribution < -0.4 is 9.88 Å². The Labute approximate surface area is 137 Å². The van der Waals surface area contributed by atoms with Gasteiger partial charge in [0, 0.05) is 13.6 Å². The fourth-order valence-corrected chi connectivity index (χ4v) is 3.62. The van der Waals surface area contributed by atoms with E-state index in [2.05, 4.69) is 0 Å². The lowest BCUT2D eigenvalue weighted by Crippen LogP contribution is -2.33. The lowest BCUT2D eigenvalue weighted by molar-refractivity contribution is 0.0757. The zero-order valence-corrected chi connectivity index (χ0v) is 14.4. The van der Waals surface area contributed by atoms with E-state index < -0.39 is 10.0 Å². The molecule has 2 rings (SSSR count). The average Bonchev–Trinajstić information content (AvgIpc) is 2.53. The third-order valence-electron chi connectivity index (χ3n) is 4.33. The third-order valence-corrected chi connectivity index (χ3v) is 5.24. The summed E-state index contributed by atoms with van der Waals surface area (Å²) in [6.45, 7) is 0.668. The second-order valence-electron chi connectivity index (χ2n) is 6.10. The number of sulfonamides is 1. The SMILES string of the molecule is COc1ccc(S(N)(=O)=O)cc1C(=O)N(C)CC1CCCCC1. The number of ether oxygens (including phenoxy) is 1. The molecule has 0 bridgehead atoms. The number of amides is 1. The maximum atomic E-state index is 12.7. The van der Waals surface area contributed by atoms with Crippen LogP contribution in [0.1, 0.15) is 42.5 Å². The van der Waals surface area contributed by atoms with E-state index in [0.717, 1.165) is 12.8 Å². The van der Waals surface area contributed by atoms with Gasteiger partial charge in [0.15, 0.2) is 0 Å². The van der Waals surface area contributed by atoms with Crippen LogP contribution in [0.5, 0.6) is 5.75 Å². The first-order valence-corrected chi connectivity index (χ1v) is 9.34. The number of methoxy groups -OCH3 is 1. The van der Waals surface area contributed by atoms with Gasteiger partial charge in [0.25, 0.3) is 5.91 Å². The maximum Gasteiger partial charge on any atom is 0.257 e. The van der Waals surface area contributed by atoms with E-state index in [9.17, 15) is 13.2 Å². The van der Waals surface area contributed by atoms with Crippen molar-refractivity contribution in [3.8, 4) is 5.75 Å². The van der Waals surface area contributed by atoms with Crippen LogP contribution in [0.4, 0.5) is 0 Å². The van der Waals surface area contributed by atoms with Crippen LogP contribution in [0.15, 0.2) is 23.1 Å². The van der Waals surface area contributed by atoms with Gasteiger partial charge in [-0.05, 0) is 37.0 Å². The molecule has 0 aromatic heterocycles. The summed E-state index contributed by atoms with van der Waals surface area (Å²) in [7, 11) is -0.679. The molecule has 1 aromatic rings. The molecule has 0 aliphatic heterocycles. The molecule has 128 valence electrons. The van der Waals surface area contributed by atoms with E-state index in [0.29, 0.717) is 18.2 Å². The molecular formula is C16H24N2O4S. The quantitative estimate of drug-likeness (QED) is 0.887. The molecule has 0 unspecified atom stereocenters. The van der Waals surface area contributed by atoms with Crippen molar-refractivity contribution in [2.75, 3.05) is 20.7 Å². The molecule has 7 heteroatoms. The van der Waals surface area contributed by atoms with Gasteiger partial charge in [-0.15, -0.1) is 0 Å². The summed E-state index contributed by atoms with van der Waals surface area (Å²) in [4.78, 5) is 14.2. The molecule has 0 heterocycles. The number of carbonyl (C=O) groups is 1. The van der Waals surface area contributed by atoms with Gasteiger partial charge in [-0.2, -0.15) is 0 Å².